The molecule has 3 aliphatic rings. The second-order valence-electron chi connectivity index (χ2n) is 15.8. The van der Waals surface area contributed by atoms with Crippen molar-refractivity contribution in [3.05, 3.63) is 60.2 Å². The molecule has 2 aromatic rings. The van der Waals surface area contributed by atoms with Gasteiger partial charge in [0.2, 0.25) is 17.7 Å². The number of amides is 3. The summed E-state index contributed by atoms with van der Waals surface area (Å²) in [5, 5.41) is 115. The van der Waals surface area contributed by atoms with Gasteiger partial charge in [-0.1, -0.05) is 54.6 Å². The van der Waals surface area contributed by atoms with Gasteiger partial charge in [0.25, 0.3) is 5.79 Å². The number of benzene rings is 2. The van der Waals surface area contributed by atoms with Gasteiger partial charge in [-0.15, -0.1) is 0 Å². The van der Waals surface area contributed by atoms with Crippen LogP contribution in [0, 0.1) is 0 Å². The number of ether oxygens (including phenoxy) is 6. The van der Waals surface area contributed by atoms with Crippen molar-refractivity contribution in [2.45, 2.75) is 117 Å². The SMILES string of the molecule is CC(=O)NC1[C@H](OCCN)OC(CO)[C@@H](O[C@@H]2OC(CO[C@]3(C(=O)O)C[C@@H](O)[C@@H](NC(=O)CO)C([C@H](O)[C@H](O)CNC(=O)Cc4ccc(-c5ccccc5)cc4)O3)[C@H](O)[C@H](O)C2O)[C@@H]1O. The van der Waals surface area contributed by atoms with Crippen LogP contribution >= 0.6 is 0 Å². The van der Waals surface area contributed by atoms with Crippen molar-refractivity contribution >= 4 is 23.7 Å². The number of aliphatic carboxylic acids is 1. The van der Waals surface area contributed by atoms with E-state index in [-0.39, 0.29) is 19.6 Å². The molecule has 3 aliphatic heterocycles. The molecule has 16 atom stereocenters. The van der Waals surface area contributed by atoms with Gasteiger partial charge in [-0.25, -0.2) is 4.79 Å². The smallest absolute Gasteiger partial charge is 0.364 e. The number of carbonyl (C=O) groups excluding carboxylic acids is 3. The number of hydrogen-bond acceptors (Lipinski definition) is 20. The lowest BCUT2D eigenvalue weighted by Gasteiger charge is -2.48. The maximum Gasteiger partial charge on any atom is 0.364 e. The topological polar surface area (TPSA) is 388 Å². The molecule has 2 aromatic carbocycles. The van der Waals surface area contributed by atoms with E-state index in [2.05, 4.69) is 16.0 Å². The zero-order valence-electron chi connectivity index (χ0n) is 35.1. The van der Waals surface area contributed by atoms with Gasteiger partial charge in [-0.3, -0.25) is 14.4 Å². The minimum Gasteiger partial charge on any atom is -0.477 e. The number of aliphatic hydroxyl groups excluding tert-OH is 9. The van der Waals surface area contributed by atoms with Crippen LogP contribution in [-0.4, -0.2) is 212 Å². The predicted molar refractivity (Wildman–Crippen MR) is 217 cm³/mol. The molecule has 0 radical (unpaired) electrons. The molecule has 5 unspecified atom stereocenters. The van der Waals surface area contributed by atoms with Gasteiger partial charge in [0, 0.05) is 26.4 Å². The average Bonchev–Trinajstić information content (AvgIpc) is 3.29. The van der Waals surface area contributed by atoms with Crippen LogP contribution < -0.4 is 21.7 Å². The Morgan fingerprint density at radius 3 is 2.11 bits per heavy atom. The molecule has 0 spiro atoms. The second kappa shape index (κ2) is 23.4. The number of hydrogen-bond donors (Lipinski definition) is 14. The summed E-state index contributed by atoms with van der Waals surface area (Å²) >= 11 is 0. The first-order chi connectivity index (χ1) is 30.9. The molecule has 3 fully saturated rings. The molecule has 3 saturated heterocycles. The summed E-state index contributed by atoms with van der Waals surface area (Å²) in [6, 6.07) is 13.6. The zero-order valence-corrected chi connectivity index (χ0v) is 35.1. The molecular weight excluding hydrogens is 868 g/mol. The molecule has 362 valence electrons. The quantitative estimate of drug-likeness (QED) is 0.0588. The first-order valence-corrected chi connectivity index (χ1v) is 20.7. The lowest BCUT2D eigenvalue weighted by atomic mass is 9.88. The summed E-state index contributed by atoms with van der Waals surface area (Å²) in [6.45, 7) is -2.48. The summed E-state index contributed by atoms with van der Waals surface area (Å²) in [6.07, 6.45) is -25.2. The molecule has 3 amide bonds. The van der Waals surface area contributed by atoms with Crippen molar-refractivity contribution in [1.29, 1.82) is 0 Å². The molecule has 24 nitrogen and oxygen atoms in total. The van der Waals surface area contributed by atoms with Gasteiger partial charge in [0.1, 0.15) is 67.6 Å². The number of rotatable bonds is 20. The van der Waals surface area contributed by atoms with Crippen LogP contribution in [0.4, 0.5) is 0 Å². The van der Waals surface area contributed by atoms with Crippen LogP contribution in [0.15, 0.2) is 54.6 Å². The lowest BCUT2D eigenvalue weighted by molar-refractivity contribution is -0.359. The van der Waals surface area contributed by atoms with E-state index >= 15 is 0 Å². The fourth-order valence-electron chi connectivity index (χ4n) is 7.69. The van der Waals surface area contributed by atoms with Crippen molar-refractivity contribution in [1.82, 2.24) is 16.0 Å². The van der Waals surface area contributed by atoms with Crippen LogP contribution in [-0.2, 0) is 54.0 Å². The van der Waals surface area contributed by atoms with Crippen LogP contribution in [0.3, 0.4) is 0 Å². The highest BCUT2D eigenvalue weighted by Crippen LogP contribution is 2.36. The molecule has 3 heterocycles. The number of aliphatic hydroxyl groups is 9. The van der Waals surface area contributed by atoms with Crippen molar-refractivity contribution in [2.24, 2.45) is 5.73 Å². The minimum atomic E-state index is -2.96. The van der Waals surface area contributed by atoms with Crippen LogP contribution in [0.5, 0.6) is 0 Å². The number of nitrogens with one attached hydrogen (secondary N) is 3. The van der Waals surface area contributed by atoms with Crippen molar-refractivity contribution < 1.29 is 98.7 Å². The molecule has 5 rings (SSSR count). The van der Waals surface area contributed by atoms with E-state index in [9.17, 15) is 70.2 Å². The fourth-order valence-corrected chi connectivity index (χ4v) is 7.69. The molecule has 0 aliphatic carbocycles. The molecule has 0 saturated carbocycles. The summed E-state index contributed by atoms with van der Waals surface area (Å²) in [5.74, 6) is -7.17. The minimum absolute atomic E-state index is 0.0297. The van der Waals surface area contributed by atoms with E-state index in [1.165, 1.54) is 0 Å². The highest BCUT2D eigenvalue weighted by Gasteiger charge is 2.57. The van der Waals surface area contributed by atoms with Crippen LogP contribution in [0.1, 0.15) is 18.9 Å². The maximum absolute atomic E-state index is 12.9. The standard InChI is InChI=1S/C41H58N4O20/c1-19(48)44-30-33(55)36(25(16-46)62-38(30)60-12-11-42)64-39-35(57)34(56)32(54)26(63-39)18-61-41(40(58)59)14-23(49)29(45-28(52)17-47)37(65-41)31(53)24(50)15-43-27(51)13-20-7-9-22(10-8-20)21-5-3-2-4-6-21/h2-10,23-26,29-39,46-47,49-50,53-57H,11-18,42H2,1H3,(H,43,51)(H,44,48)(H,45,52)(H,58,59)/t23-,24-,25?,26?,29-,30?,31-,32+,33-,34+,35?,36-,37?,38-,39+,41-/m1/s1. The molecule has 65 heavy (non-hydrogen) atoms. The first-order valence-electron chi connectivity index (χ1n) is 20.7. The van der Waals surface area contributed by atoms with Crippen molar-refractivity contribution in [3.63, 3.8) is 0 Å². The Kier molecular flexibility index (Phi) is 18.6. The van der Waals surface area contributed by atoms with Gasteiger partial charge < -0.3 is 101 Å². The van der Waals surface area contributed by atoms with Crippen LogP contribution in [0.2, 0.25) is 0 Å². The highest BCUT2D eigenvalue weighted by atomic mass is 16.8. The van der Waals surface area contributed by atoms with Gasteiger partial charge in [-0.05, 0) is 16.7 Å². The Labute approximate surface area is 371 Å². The third kappa shape index (κ3) is 12.8. The molecule has 0 bridgehead atoms. The molecule has 24 heteroatoms. The van der Waals surface area contributed by atoms with E-state index in [1.54, 1.807) is 12.1 Å². The maximum atomic E-state index is 12.9. The third-order valence-electron chi connectivity index (χ3n) is 11.1. The normalized spacial score (nSPS) is 33.6. The largest absolute Gasteiger partial charge is 0.477 e. The number of carboxylic acids is 1. The average molecular weight is 927 g/mol. The van der Waals surface area contributed by atoms with E-state index in [1.807, 2.05) is 42.5 Å². The summed E-state index contributed by atoms with van der Waals surface area (Å²) in [7, 11) is 0. The van der Waals surface area contributed by atoms with Gasteiger partial charge in [0.05, 0.1) is 44.5 Å². The van der Waals surface area contributed by atoms with Gasteiger partial charge in [0.15, 0.2) is 12.6 Å². The number of carbonyl (C=O) groups is 4. The molecular formula is C41H58N4O20. The monoisotopic (exact) mass is 926 g/mol. The Balaban J connectivity index is 1.28. The van der Waals surface area contributed by atoms with E-state index in [0.717, 1.165) is 18.1 Å². The fraction of sp³-hybridized carbons (Fsp3) is 0.610. The van der Waals surface area contributed by atoms with E-state index in [0.29, 0.717) is 5.56 Å². The molecule has 0 aromatic heterocycles. The molecule has 15 N–H and O–H groups in total. The van der Waals surface area contributed by atoms with Crippen LogP contribution in [0.25, 0.3) is 11.1 Å². The summed E-state index contributed by atoms with van der Waals surface area (Å²) in [4.78, 5) is 50.1. The lowest BCUT2D eigenvalue weighted by Crippen LogP contribution is -2.69. The first kappa shape index (κ1) is 51.7. The Hall–Kier alpha value is -4.32. The Morgan fingerprint density at radius 1 is 0.831 bits per heavy atom. The number of nitrogens with two attached hydrogens (primary N) is 1. The van der Waals surface area contributed by atoms with E-state index < -0.39 is 154 Å². The summed E-state index contributed by atoms with van der Waals surface area (Å²) < 4.78 is 34.0. The van der Waals surface area contributed by atoms with E-state index in [4.69, 9.17) is 34.2 Å². The third-order valence-corrected chi connectivity index (χ3v) is 11.1. The van der Waals surface area contributed by atoms with Crippen molar-refractivity contribution in [3.8, 4) is 11.1 Å². The van der Waals surface area contributed by atoms with Gasteiger partial charge in [-0.2, -0.15) is 0 Å². The highest BCUT2D eigenvalue weighted by molar-refractivity contribution is 5.79. The summed E-state index contributed by atoms with van der Waals surface area (Å²) in [5.41, 5.74) is 8.00. The zero-order chi connectivity index (χ0) is 47.6. The Bertz CT molecular complexity index is 1870. The Morgan fingerprint density at radius 2 is 1.49 bits per heavy atom. The van der Waals surface area contributed by atoms with Crippen molar-refractivity contribution in [2.75, 3.05) is 39.5 Å². The predicted octanol–water partition coefficient (Wildman–Crippen LogP) is -6.09. The second-order valence-corrected chi connectivity index (χ2v) is 15.8. The number of carboxylic acid groups (broad SMARTS) is 1. The van der Waals surface area contributed by atoms with Gasteiger partial charge >= 0.3 is 5.97 Å².